The molecule has 10 rings (SSSR count). The fraction of sp³-hybridized carbons (Fsp3) is 0.370. The molecule has 55 heavy (non-hydrogen) atoms. The van der Waals surface area contributed by atoms with Crippen molar-refractivity contribution in [2.24, 2.45) is 29.1 Å². The molecule has 0 aliphatic heterocycles. The van der Waals surface area contributed by atoms with Crippen molar-refractivity contribution in [1.82, 2.24) is 0 Å². The van der Waals surface area contributed by atoms with E-state index in [2.05, 4.69) is 68.5 Å². The normalized spacial score (nSPS) is 24.0. The molecule has 288 valence electrons. The van der Waals surface area contributed by atoms with Crippen LogP contribution in [0.5, 0.6) is 0 Å². The van der Waals surface area contributed by atoms with Crippen LogP contribution in [0.4, 0.5) is 26.3 Å². The number of hydrogen-bond donors (Lipinski definition) is 0. The standard InChI is InChI=1S/C18H25.C15H8F6.C13H9.2ClH.Zr/c1-12-3-13(2)17(4-12)11-18-8-14-5-15(9-18)7-16(6-14)10-18;16-14(17,18)12-5-1-3-10(8-12)7-11-4-2-6-13(9-11)15(19,20)21;1-3-7-12-10(5-1)9-11-6-2-4-8-13(11)12;;;/h4,12,14-16H,5-11H2,1-2H3;1-6,8-9H;1-5,7-8H,9H2;2*1H;/q-1;;-1;;;+2/p-2. The zero-order valence-corrected chi connectivity index (χ0v) is 34.7. The number of fused-ring (bicyclic) bond motifs is 3. The van der Waals surface area contributed by atoms with Gasteiger partial charge in [0.1, 0.15) is 0 Å². The topological polar surface area (TPSA) is 0 Å². The number of benzene rings is 4. The van der Waals surface area contributed by atoms with Crippen LogP contribution in [0.25, 0.3) is 11.1 Å². The number of allylic oxidation sites excluding steroid dienone is 4. The van der Waals surface area contributed by atoms with Crippen molar-refractivity contribution < 1.29 is 75.4 Å². The van der Waals surface area contributed by atoms with E-state index in [1.807, 2.05) is 6.07 Å². The Hall–Kier alpha value is -2.73. The van der Waals surface area contributed by atoms with E-state index in [1.54, 1.807) is 44.1 Å². The summed E-state index contributed by atoms with van der Waals surface area (Å²) in [6, 6.07) is 27.3. The van der Waals surface area contributed by atoms with Crippen LogP contribution in [0.2, 0.25) is 0 Å². The molecule has 9 heteroatoms. The van der Waals surface area contributed by atoms with Gasteiger partial charge in [-0.05, 0) is 68.1 Å². The molecule has 6 aliphatic rings. The molecule has 0 aromatic heterocycles. The minimum absolute atomic E-state index is 0. The van der Waals surface area contributed by atoms with Crippen molar-refractivity contribution in [3.8, 4) is 11.1 Å². The quantitative estimate of drug-likeness (QED) is 0.138. The van der Waals surface area contributed by atoms with Crippen molar-refractivity contribution in [3.63, 3.8) is 0 Å². The molecule has 4 bridgehead atoms. The summed E-state index contributed by atoms with van der Waals surface area (Å²) in [6.07, 6.45) is 8.82. The van der Waals surface area contributed by atoms with Gasteiger partial charge in [-0.15, -0.1) is 5.56 Å². The van der Waals surface area contributed by atoms with Crippen LogP contribution in [-0.2, 0) is 43.0 Å². The third kappa shape index (κ3) is 10.1. The van der Waals surface area contributed by atoms with E-state index in [-0.39, 0.29) is 35.9 Å². The summed E-state index contributed by atoms with van der Waals surface area (Å²) in [7, 11) is 0. The average Bonchev–Trinajstić information content (AvgIpc) is 3.64. The summed E-state index contributed by atoms with van der Waals surface area (Å²) in [4.78, 5) is 0. The fourth-order valence-electron chi connectivity index (χ4n) is 9.87. The molecule has 0 nitrogen and oxygen atoms in total. The Balaban J connectivity index is 0.000000159. The molecule has 0 radical (unpaired) electrons. The fourth-order valence-corrected chi connectivity index (χ4v) is 10.6. The third-order valence-electron chi connectivity index (χ3n) is 11.7. The first-order chi connectivity index (χ1) is 25.2. The molecular weight excluding hydrogens is 829 g/mol. The van der Waals surface area contributed by atoms with E-state index in [0.29, 0.717) is 14.5 Å². The number of hydrogen-bond acceptors (Lipinski definition) is 0. The molecule has 4 fully saturated rings. The molecule has 4 saturated carbocycles. The van der Waals surface area contributed by atoms with Crippen LogP contribution in [0.15, 0.2) is 108 Å². The van der Waals surface area contributed by atoms with Gasteiger partial charge in [0.15, 0.2) is 0 Å². The minimum Gasteiger partial charge on any atom is -1.00 e. The zero-order valence-electron chi connectivity index (χ0n) is 30.7. The summed E-state index contributed by atoms with van der Waals surface area (Å²) in [5, 5.41) is 0. The van der Waals surface area contributed by atoms with Gasteiger partial charge >= 0.3 is 137 Å². The van der Waals surface area contributed by atoms with Gasteiger partial charge in [-0.1, -0.05) is 61.6 Å². The zero-order chi connectivity index (χ0) is 37.5. The largest absolute Gasteiger partial charge is 1.00 e. The second kappa shape index (κ2) is 17.4. The van der Waals surface area contributed by atoms with Gasteiger partial charge in [0.05, 0.1) is 0 Å². The minimum atomic E-state index is -4.49. The summed E-state index contributed by atoms with van der Waals surface area (Å²) >= 11 is 0.729. The smallest absolute Gasteiger partial charge is 0.0253 e. The molecule has 0 saturated heterocycles. The van der Waals surface area contributed by atoms with E-state index in [9.17, 15) is 26.3 Å². The molecule has 1 atom stereocenters. The second-order valence-electron chi connectivity index (χ2n) is 15.8. The van der Waals surface area contributed by atoms with Gasteiger partial charge in [-0.2, -0.15) is 41.5 Å². The van der Waals surface area contributed by atoms with Gasteiger partial charge in [0.2, 0.25) is 0 Å². The van der Waals surface area contributed by atoms with Gasteiger partial charge in [-0.3, -0.25) is 6.08 Å². The van der Waals surface area contributed by atoms with Crippen LogP contribution in [0.3, 0.4) is 0 Å². The average molecular weight is 871 g/mol. The number of halogens is 8. The van der Waals surface area contributed by atoms with Crippen LogP contribution < -0.4 is 24.8 Å². The maximum absolute atomic E-state index is 12.7. The Morgan fingerprint density at radius 1 is 0.727 bits per heavy atom. The van der Waals surface area contributed by atoms with Crippen LogP contribution in [-0.4, -0.2) is 3.21 Å². The Morgan fingerprint density at radius 3 is 1.76 bits per heavy atom. The third-order valence-corrected chi connectivity index (χ3v) is 13.1. The van der Waals surface area contributed by atoms with Gasteiger partial charge in [-0.25, -0.2) is 5.57 Å². The molecule has 6 aliphatic carbocycles. The molecule has 0 heterocycles. The molecule has 1 unspecified atom stereocenters. The first-order valence-corrected chi connectivity index (χ1v) is 19.7. The number of alkyl halides is 6. The van der Waals surface area contributed by atoms with Crippen molar-refractivity contribution in [2.45, 2.75) is 77.6 Å². The van der Waals surface area contributed by atoms with Crippen LogP contribution in [0, 0.1) is 41.2 Å². The maximum Gasteiger partial charge on any atom is -0.0253 e. The van der Waals surface area contributed by atoms with Gasteiger partial charge in [0, 0.05) is 0 Å². The van der Waals surface area contributed by atoms with Crippen molar-refractivity contribution in [2.75, 3.05) is 0 Å². The van der Waals surface area contributed by atoms with Crippen LogP contribution >= 0.6 is 0 Å². The van der Waals surface area contributed by atoms with Crippen LogP contribution in [0.1, 0.15) is 92.2 Å². The second-order valence-corrected chi connectivity index (χ2v) is 17.0. The van der Waals surface area contributed by atoms with E-state index in [1.165, 1.54) is 58.5 Å². The maximum atomic E-state index is 12.7. The number of rotatable bonds is 4. The Kier molecular flexibility index (Phi) is 13.7. The first-order valence-electron chi connectivity index (χ1n) is 18.5. The Morgan fingerprint density at radius 2 is 1.25 bits per heavy atom. The van der Waals surface area contributed by atoms with E-state index >= 15 is 0 Å². The summed E-state index contributed by atoms with van der Waals surface area (Å²) < 4.78 is 76.7. The van der Waals surface area contributed by atoms with Crippen molar-refractivity contribution >= 4 is 3.21 Å². The molecule has 4 aromatic carbocycles. The van der Waals surface area contributed by atoms with E-state index < -0.39 is 23.5 Å². The van der Waals surface area contributed by atoms with Gasteiger partial charge < -0.3 is 24.8 Å². The molecule has 0 spiro atoms. The summed E-state index contributed by atoms with van der Waals surface area (Å²) in [6.45, 7) is 4.55. The van der Waals surface area contributed by atoms with Crippen molar-refractivity contribution in [3.05, 3.63) is 154 Å². The van der Waals surface area contributed by atoms with E-state index in [4.69, 9.17) is 0 Å². The first kappa shape index (κ1) is 43.4. The molecule has 0 N–H and O–H groups in total. The predicted molar refractivity (Wildman–Crippen MR) is 195 cm³/mol. The van der Waals surface area contributed by atoms with E-state index in [0.717, 1.165) is 72.7 Å². The SMILES string of the molecule is CC1=[C-]C(C)C=C1CC12CC3CC(CC(C3)C1)C2.FC(F)(F)c1cccc([C](=[Zr+2])c2cccc(C(F)(F)F)c2)c1.[Cl-].[Cl-].[c-]1cccc2c1Cc1ccccc1-2. The van der Waals surface area contributed by atoms with Gasteiger partial charge in [0.25, 0.3) is 0 Å². The Labute approximate surface area is 348 Å². The summed E-state index contributed by atoms with van der Waals surface area (Å²) in [5.74, 6) is 3.82. The van der Waals surface area contributed by atoms with Crippen molar-refractivity contribution in [1.29, 1.82) is 0 Å². The summed E-state index contributed by atoms with van der Waals surface area (Å²) in [5.41, 5.74) is 8.21. The Bertz CT molecular complexity index is 1920. The molecule has 0 amide bonds. The molecular formula is C46H42Cl2F6Zr-2. The predicted octanol–water partition coefficient (Wildman–Crippen LogP) is 6.82. The molecule has 4 aromatic rings. The monoisotopic (exact) mass is 868 g/mol.